The van der Waals surface area contributed by atoms with E-state index < -0.39 is 11.8 Å². The first kappa shape index (κ1) is 21.0. The standard InChI is InChI=1S/C27H19F3N2O/c28-27(29,30)26(33,24-14-8-7-13-23(24)19-9-3-1-4-10-19)21-15-16-25-20(17-21)18-31-32(25)22-11-5-2-6-12-22/h1-18,33H. The molecule has 6 heteroatoms. The van der Waals surface area contributed by atoms with Crippen LogP contribution < -0.4 is 0 Å². The van der Waals surface area contributed by atoms with E-state index in [9.17, 15) is 18.3 Å². The van der Waals surface area contributed by atoms with E-state index in [-0.39, 0.29) is 11.1 Å². The van der Waals surface area contributed by atoms with Gasteiger partial charge in [0.25, 0.3) is 0 Å². The Labute approximate surface area is 188 Å². The van der Waals surface area contributed by atoms with Crippen LogP contribution in [0, 0.1) is 0 Å². The molecule has 3 nitrogen and oxygen atoms in total. The average Bonchev–Trinajstić information content (AvgIpc) is 3.27. The lowest BCUT2D eigenvalue weighted by Crippen LogP contribution is -2.43. The van der Waals surface area contributed by atoms with Gasteiger partial charge >= 0.3 is 6.18 Å². The zero-order chi connectivity index (χ0) is 23.1. The Hall–Kier alpha value is -3.90. The maximum absolute atomic E-state index is 14.6. The fourth-order valence-corrected chi connectivity index (χ4v) is 4.17. The number of aliphatic hydroxyl groups is 1. The van der Waals surface area contributed by atoms with Crippen molar-refractivity contribution in [3.8, 4) is 16.8 Å². The molecular weight excluding hydrogens is 425 g/mol. The molecule has 4 aromatic carbocycles. The molecule has 0 radical (unpaired) electrons. The predicted octanol–water partition coefficient (Wildman–Crippen LogP) is 6.49. The van der Waals surface area contributed by atoms with E-state index >= 15 is 0 Å². The van der Waals surface area contributed by atoms with Crippen LogP contribution in [0.1, 0.15) is 11.1 Å². The first-order valence-corrected chi connectivity index (χ1v) is 10.4. The molecule has 0 amide bonds. The van der Waals surface area contributed by atoms with E-state index in [2.05, 4.69) is 5.10 Å². The first-order chi connectivity index (χ1) is 15.9. The summed E-state index contributed by atoms with van der Waals surface area (Å²) in [5.74, 6) is 0. The lowest BCUT2D eigenvalue weighted by Gasteiger charge is -2.33. The molecule has 0 fully saturated rings. The Morgan fingerprint density at radius 2 is 1.36 bits per heavy atom. The minimum Gasteiger partial charge on any atom is -0.372 e. The normalized spacial score (nSPS) is 13.7. The van der Waals surface area contributed by atoms with E-state index in [1.54, 1.807) is 53.2 Å². The maximum atomic E-state index is 14.6. The molecule has 0 aliphatic heterocycles. The summed E-state index contributed by atoms with van der Waals surface area (Å²) in [6.45, 7) is 0. The highest BCUT2D eigenvalue weighted by Gasteiger charge is 2.57. The highest BCUT2D eigenvalue weighted by molar-refractivity contribution is 5.82. The summed E-state index contributed by atoms with van der Waals surface area (Å²) in [6.07, 6.45) is -3.45. The van der Waals surface area contributed by atoms with E-state index in [4.69, 9.17) is 0 Å². The van der Waals surface area contributed by atoms with Gasteiger partial charge in [-0.1, -0.05) is 78.9 Å². The molecule has 1 heterocycles. The number of aromatic nitrogens is 2. The summed E-state index contributed by atoms with van der Waals surface area (Å²) in [6, 6.07) is 28.4. The topological polar surface area (TPSA) is 38.1 Å². The number of benzene rings is 4. The second-order valence-electron chi connectivity index (χ2n) is 7.79. The van der Waals surface area contributed by atoms with Gasteiger partial charge in [-0.05, 0) is 41.0 Å². The molecule has 5 rings (SSSR count). The number of alkyl halides is 3. The van der Waals surface area contributed by atoms with Crippen LogP contribution in [0.15, 0.2) is 109 Å². The lowest BCUT2D eigenvalue weighted by molar-refractivity contribution is -0.248. The van der Waals surface area contributed by atoms with Crippen molar-refractivity contribution in [2.45, 2.75) is 11.8 Å². The van der Waals surface area contributed by atoms with Gasteiger partial charge in [-0.25, -0.2) is 4.68 Å². The van der Waals surface area contributed by atoms with Gasteiger partial charge in [0.15, 0.2) is 0 Å². The summed E-state index contributed by atoms with van der Waals surface area (Å²) >= 11 is 0. The SMILES string of the molecule is OC(c1ccc2c(cnn2-c2ccccc2)c1)(c1ccccc1-c1ccccc1)C(F)(F)F. The third kappa shape index (κ3) is 3.49. The summed E-state index contributed by atoms with van der Waals surface area (Å²) in [4.78, 5) is 0. The largest absolute Gasteiger partial charge is 0.425 e. The van der Waals surface area contributed by atoms with Crippen LogP contribution in [0.2, 0.25) is 0 Å². The van der Waals surface area contributed by atoms with Crippen molar-refractivity contribution in [3.05, 3.63) is 120 Å². The molecule has 0 aliphatic carbocycles. The highest BCUT2D eigenvalue weighted by atomic mass is 19.4. The Bertz CT molecular complexity index is 1410. The smallest absolute Gasteiger partial charge is 0.372 e. The molecule has 0 saturated carbocycles. The van der Waals surface area contributed by atoms with E-state index in [0.717, 1.165) is 5.69 Å². The second kappa shape index (κ2) is 7.90. The van der Waals surface area contributed by atoms with E-state index in [0.29, 0.717) is 22.0 Å². The molecule has 164 valence electrons. The van der Waals surface area contributed by atoms with Crippen LogP contribution in [-0.4, -0.2) is 21.1 Å². The Morgan fingerprint density at radius 1 is 0.727 bits per heavy atom. The van der Waals surface area contributed by atoms with Gasteiger partial charge in [-0.2, -0.15) is 18.3 Å². The van der Waals surface area contributed by atoms with Gasteiger partial charge in [-0.15, -0.1) is 0 Å². The summed E-state index contributed by atoms with van der Waals surface area (Å²) in [5, 5.41) is 16.2. The molecule has 0 bridgehead atoms. The van der Waals surface area contributed by atoms with Crippen molar-refractivity contribution < 1.29 is 18.3 Å². The van der Waals surface area contributed by atoms with Crippen molar-refractivity contribution in [2.24, 2.45) is 0 Å². The first-order valence-electron chi connectivity index (χ1n) is 10.4. The minimum absolute atomic E-state index is 0.224. The van der Waals surface area contributed by atoms with Crippen LogP contribution in [0.3, 0.4) is 0 Å². The fourth-order valence-electron chi connectivity index (χ4n) is 4.17. The Morgan fingerprint density at radius 3 is 2.06 bits per heavy atom. The van der Waals surface area contributed by atoms with Gasteiger partial charge in [0, 0.05) is 10.9 Å². The van der Waals surface area contributed by atoms with Crippen LogP contribution in [0.4, 0.5) is 13.2 Å². The molecule has 1 unspecified atom stereocenters. The van der Waals surface area contributed by atoms with Crippen LogP contribution in [0.25, 0.3) is 27.7 Å². The molecule has 0 saturated heterocycles. The van der Waals surface area contributed by atoms with Crippen LogP contribution >= 0.6 is 0 Å². The number of hydrogen-bond acceptors (Lipinski definition) is 2. The van der Waals surface area contributed by atoms with Gasteiger partial charge in [0.2, 0.25) is 5.60 Å². The van der Waals surface area contributed by atoms with Crippen molar-refractivity contribution >= 4 is 10.9 Å². The van der Waals surface area contributed by atoms with Gasteiger partial charge in [0.05, 0.1) is 17.4 Å². The molecule has 33 heavy (non-hydrogen) atoms. The Balaban J connectivity index is 1.70. The van der Waals surface area contributed by atoms with Gasteiger partial charge < -0.3 is 5.11 Å². The average molecular weight is 444 g/mol. The zero-order valence-electron chi connectivity index (χ0n) is 17.4. The van der Waals surface area contributed by atoms with Crippen molar-refractivity contribution in [1.82, 2.24) is 9.78 Å². The molecule has 5 aromatic rings. The lowest BCUT2D eigenvalue weighted by atomic mass is 9.81. The van der Waals surface area contributed by atoms with Crippen LogP contribution in [-0.2, 0) is 5.60 Å². The Kier molecular flexibility index (Phi) is 5.02. The fraction of sp³-hybridized carbons (Fsp3) is 0.0741. The molecule has 1 N–H and O–H groups in total. The van der Waals surface area contributed by atoms with E-state index in [1.807, 2.05) is 30.3 Å². The van der Waals surface area contributed by atoms with Crippen molar-refractivity contribution in [2.75, 3.05) is 0 Å². The number of para-hydroxylation sites is 1. The summed E-state index contributed by atoms with van der Waals surface area (Å²) < 4.78 is 45.4. The predicted molar refractivity (Wildman–Crippen MR) is 122 cm³/mol. The third-order valence-corrected chi connectivity index (χ3v) is 5.80. The van der Waals surface area contributed by atoms with Crippen molar-refractivity contribution in [1.29, 1.82) is 0 Å². The number of nitrogens with zero attached hydrogens (tertiary/aromatic N) is 2. The number of fused-ring (bicyclic) bond motifs is 1. The summed E-state index contributed by atoms with van der Waals surface area (Å²) in [7, 11) is 0. The quantitative estimate of drug-likeness (QED) is 0.344. The molecular formula is C27H19F3N2O. The number of halogens is 3. The van der Waals surface area contributed by atoms with Gasteiger partial charge in [0.1, 0.15) is 0 Å². The monoisotopic (exact) mass is 444 g/mol. The maximum Gasteiger partial charge on any atom is 0.425 e. The molecule has 0 spiro atoms. The molecule has 1 aromatic heterocycles. The number of hydrogen-bond donors (Lipinski definition) is 1. The van der Waals surface area contributed by atoms with E-state index in [1.165, 1.54) is 30.5 Å². The van der Waals surface area contributed by atoms with Crippen molar-refractivity contribution in [3.63, 3.8) is 0 Å². The zero-order valence-corrected chi connectivity index (χ0v) is 17.4. The minimum atomic E-state index is -4.96. The van der Waals surface area contributed by atoms with Crippen LogP contribution in [0.5, 0.6) is 0 Å². The van der Waals surface area contributed by atoms with Gasteiger partial charge in [-0.3, -0.25) is 0 Å². The summed E-state index contributed by atoms with van der Waals surface area (Å²) in [5.41, 5.74) is -1.35. The molecule has 0 aliphatic rings. The highest BCUT2D eigenvalue weighted by Crippen LogP contribution is 2.47. The third-order valence-electron chi connectivity index (χ3n) is 5.80. The molecule has 1 atom stereocenters. The second-order valence-corrected chi connectivity index (χ2v) is 7.79. The number of rotatable bonds is 4.